The van der Waals surface area contributed by atoms with E-state index in [1.54, 1.807) is 23.0 Å². The van der Waals surface area contributed by atoms with Gasteiger partial charge in [0.1, 0.15) is 12.7 Å². The van der Waals surface area contributed by atoms with Crippen molar-refractivity contribution in [2.24, 2.45) is 0 Å². The minimum Gasteiger partial charge on any atom is -0.334 e. The van der Waals surface area contributed by atoms with Gasteiger partial charge in [-0.2, -0.15) is 5.10 Å². The van der Waals surface area contributed by atoms with Crippen molar-refractivity contribution in [1.82, 2.24) is 19.7 Å². The fourth-order valence-electron chi connectivity index (χ4n) is 2.36. The van der Waals surface area contributed by atoms with Crippen LogP contribution in [-0.2, 0) is 0 Å². The fourth-order valence-corrected chi connectivity index (χ4v) is 3.16. The van der Waals surface area contributed by atoms with Crippen molar-refractivity contribution in [3.63, 3.8) is 0 Å². The van der Waals surface area contributed by atoms with Crippen LogP contribution in [0.2, 0.25) is 0 Å². The van der Waals surface area contributed by atoms with Crippen molar-refractivity contribution in [2.75, 3.05) is 7.05 Å². The quantitative estimate of drug-likeness (QED) is 0.517. The molecule has 1 aromatic carbocycles. The van der Waals surface area contributed by atoms with E-state index in [2.05, 4.69) is 10.1 Å². The number of benzene rings is 1. The van der Waals surface area contributed by atoms with Crippen LogP contribution >= 0.6 is 11.3 Å². The molecule has 9 heteroatoms. The molecule has 0 N–H and O–H groups in total. The Kier molecular flexibility index (Phi) is 4.57. The number of amides is 1. The molecule has 25 heavy (non-hydrogen) atoms. The molecule has 0 aliphatic carbocycles. The first-order valence-electron chi connectivity index (χ1n) is 7.43. The Morgan fingerprint density at radius 1 is 1.28 bits per heavy atom. The summed E-state index contributed by atoms with van der Waals surface area (Å²) in [5.41, 5.74) is 1.82. The maximum atomic E-state index is 12.5. The summed E-state index contributed by atoms with van der Waals surface area (Å²) in [6.45, 7) is 1.91. The molecule has 128 valence electrons. The molecule has 2 aromatic heterocycles. The molecule has 0 saturated carbocycles. The zero-order chi connectivity index (χ0) is 18.0. The standard InChI is InChI=1S/C16H15N5O3S/c1-11(12-3-5-13(6-4-12)20-10-17-9-18-20)19(2)16(22)14-7-8-15(25-14)21(23)24/h3-11H,1-2H3. The molecule has 0 fully saturated rings. The maximum Gasteiger partial charge on any atom is 0.324 e. The lowest BCUT2D eigenvalue weighted by molar-refractivity contribution is -0.380. The molecule has 0 aliphatic rings. The number of nitro groups is 1. The summed E-state index contributed by atoms with van der Waals surface area (Å²) in [6.07, 6.45) is 3.07. The number of rotatable bonds is 5. The second-order valence-corrected chi connectivity index (χ2v) is 6.48. The Balaban J connectivity index is 1.75. The Morgan fingerprint density at radius 3 is 2.56 bits per heavy atom. The lowest BCUT2D eigenvalue weighted by Crippen LogP contribution is -2.29. The molecule has 0 saturated heterocycles. The number of hydrogen-bond donors (Lipinski definition) is 0. The highest BCUT2D eigenvalue weighted by atomic mass is 32.1. The van der Waals surface area contributed by atoms with Crippen molar-refractivity contribution in [3.05, 3.63) is 69.6 Å². The van der Waals surface area contributed by atoms with Gasteiger partial charge < -0.3 is 4.90 Å². The van der Waals surface area contributed by atoms with Crippen LogP contribution in [0, 0.1) is 10.1 Å². The number of carbonyl (C=O) groups excluding carboxylic acids is 1. The highest BCUT2D eigenvalue weighted by Crippen LogP contribution is 2.28. The molecule has 1 atom stereocenters. The highest BCUT2D eigenvalue weighted by Gasteiger charge is 2.22. The first-order valence-corrected chi connectivity index (χ1v) is 8.25. The second kappa shape index (κ2) is 6.81. The average Bonchev–Trinajstić information content (AvgIpc) is 3.31. The molecule has 2 heterocycles. The van der Waals surface area contributed by atoms with Gasteiger partial charge in [-0.3, -0.25) is 14.9 Å². The number of hydrogen-bond acceptors (Lipinski definition) is 6. The van der Waals surface area contributed by atoms with E-state index in [9.17, 15) is 14.9 Å². The maximum absolute atomic E-state index is 12.5. The number of aromatic nitrogens is 3. The molecule has 1 amide bonds. The molecular weight excluding hydrogens is 342 g/mol. The van der Waals surface area contributed by atoms with Crippen molar-refractivity contribution in [3.8, 4) is 5.69 Å². The third-order valence-electron chi connectivity index (χ3n) is 3.94. The fraction of sp³-hybridized carbons (Fsp3) is 0.188. The van der Waals surface area contributed by atoms with Crippen molar-refractivity contribution < 1.29 is 9.72 Å². The predicted molar refractivity (Wildman–Crippen MR) is 92.8 cm³/mol. The largest absolute Gasteiger partial charge is 0.334 e. The zero-order valence-corrected chi connectivity index (χ0v) is 14.4. The SMILES string of the molecule is CC(c1ccc(-n2cncn2)cc1)N(C)C(=O)c1ccc([N+](=O)[O-])s1. The molecule has 0 radical (unpaired) electrons. The van der Waals surface area contributed by atoms with Crippen LogP contribution < -0.4 is 0 Å². The molecule has 3 aromatic rings. The Labute approximate surface area is 147 Å². The van der Waals surface area contributed by atoms with Gasteiger partial charge in [-0.1, -0.05) is 23.5 Å². The zero-order valence-electron chi connectivity index (χ0n) is 13.6. The van der Waals surface area contributed by atoms with Gasteiger partial charge in [0.05, 0.1) is 21.5 Å². The topological polar surface area (TPSA) is 94.2 Å². The van der Waals surface area contributed by atoms with Gasteiger partial charge in [0, 0.05) is 13.1 Å². The van der Waals surface area contributed by atoms with Crippen LogP contribution in [0.25, 0.3) is 5.69 Å². The van der Waals surface area contributed by atoms with E-state index in [1.807, 2.05) is 31.2 Å². The molecule has 0 aliphatic heterocycles. The monoisotopic (exact) mass is 357 g/mol. The molecule has 1 unspecified atom stereocenters. The Morgan fingerprint density at radius 2 is 2.00 bits per heavy atom. The molecule has 0 spiro atoms. The van der Waals surface area contributed by atoms with E-state index in [1.165, 1.54) is 18.5 Å². The summed E-state index contributed by atoms with van der Waals surface area (Å²) in [5, 5.41) is 14.8. The van der Waals surface area contributed by atoms with Gasteiger partial charge >= 0.3 is 5.00 Å². The van der Waals surface area contributed by atoms with Gasteiger partial charge in [0.2, 0.25) is 0 Å². The first kappa shape index (κ1) is 16.8. The highest BCUT2D eigenvalue weighted by molar-refractivity contribution is 7.17. The number of thiophene rings is 1. The van der Waals surface area contributed by atoms with Crippen LogP contribution in [0.5, 0.6) is 0 Å². The summed E-state index contributed by atoms with van der Waals surface area (Å²) in [5.74, 6) is -0.244. The minimum absolute atomic E-state index is 0.0402. The van der Waals surface area contributed by atoms with Gasteiger partial charge in [-0.25, -0.2) is 9.67 Å². The van der Waals surface area contributed by atoms with Gasteiger partial charge in [0.25, 0.3) is 5.91 Å². The lowest BCUT2D eigenvalue weighted by Gasteiger charge is -2.25. The Hall–Kier alpha value is -3.07. The van der Waals surface area contributed by atoms with Crippen LogP contribution in [0.3, 0.4) is 0 Å². The van der Waals surface area contributed by atoms with E-state index >= 15 is 0 Å². The van der Waals surface area contributed by atoms with Crippen molar-refractivity contribution >= 4 is 22.2 Å². The summed E-state index contributed by atoms with van der Waals surface area (Å²) >= 11 is 0.882. The smallest absolute Gasteiger partial charge is 0.324 e. The van der Waals surface area contributed by atoms with E-state index in [0.29, 0.717) is 4.88 Å². The predicted octanol–water partition coefficient (Wildman–Crippen LogP) is 3.07. The summed E-state index contributed by atoms with van der Waals surface area (Å²) in [4.78, 5) is 28.6. The Bertz CT molecular complexity index is 889. The summed E-state index contributed by atoms with van der Waals surface area (Å²) in [7, 11) is 1.68. The lowest BCUT2D eigenvalue weighted by atomic mass is 10.1. The van der Waals surface area contributed by atoms with Crippen LogP contribution in [-0.4, -0.2) is 37.5 Å². The van der Waals surface area contributed by atoms with E-state index in [-0.39, 0.29) is 17.0 Å². The van der Waals surface area contributed by atoms with Crippen molar-refractivity contribution in [1.29, 1.82) is 0 Å². The van der Waals surface area contributed by atoms with Gasteiger partial charge in [0.15, 0.2) is 0 Å². The third-order valence-corrected chi connectivity index (χ3v) is 4.97. The second-order valence-electron chi connectivity index (χ2n) is 5.42. The van der Waals surface area contributed by atoms with E-state index in [4.69, 9.17) is 0 Å². The molecular formula is C16H15N5O3S. The normalized spacial score (nSPS) is 11.9. The van der Waals surface area contributed by atoms with Gasteiger partial charge in [-0.15, -0.1) is 0 Å². The summed E-state index contributed by atoms with van der Waals surface area (Å²) < 4.78 is 1.65. The average molecular weight is 357 g/mol. The van der Waals surface area contributed by atoms with Crippen LogP contribution in [0.1, 0.15) is 28.2 Å². The third kappa shape index (κ3) is 3.41. The van der Waals surface area contributed by atoms with Crippen LogP contribution in [0.15, 0.2) is 49.1 Å². The molecule has 3 rings (SSSR count). The number of nitrogens with zero attached hydrogens (tertiary/aromatic N) is 5. The number of carbonyl (C=O) groups is 1. The van der Waals surface area contributed by atoms with Crippen molar-refractivity contribution in [2.45, 2.75) is 13.0 Å². The van der Waals surface area contributed by atoms with Crippen LogP contribution in [0.4, 0.5) is 5.00 Å². The van der Waals surface area contributed by atoms with Gasteiger partial charge in [-0.05, 0) is 30.7 Å². The van der Waals surface area contributed by atoms with E-state index in [0.717, 1.165) is 22.6 Å². The van der Waals surface area contributed by atoms with E-state index < -0.39 is 4.92 Å². The minimum atomic E-state index is -0.492. The molecule has 8 nitrogen and oxygen atoms in total. The molecule has 0 bridgehead atoms. The summed E-state index contributed by atoms with van der Waals surface area (Å²) in [6, 6.07) is 10.3. The first-order chi connectivity index (χ1) is 12.0.